The Hall–Kier alpha value is -2.21. The largest absolute Gasteiger partial charge is 0.313 e. The van der Waals surface area contributed by atoms with E-state index in [1.165, 1.54) is 32.3 Å². The predicted molar refractivity (Wildman–Crippen MR) is 117 cm³/mol. The standard InChI is InChI=1S/C21H20N4S.ClH/c1-13-9-16(10-17-12-25(2)24-20(13)17)15-3-4-18-19(11-15)26-21(23-18)14-5-7-22-8-6-14;/h3-5,9-12,22H,6-8H2,1-2H3;1H. The SMILES string of the molecule is Cc1cc(-c2ccc3nc(C4=CCNCC4)sc3c2)cc2cn(C)nc12.Cl. The monoisotopic (exact) mass is 396 g/mol. The number of nitrogens with one attached hydrogen (secondary N) is 1. The summed E-state index contributed by atoms with van der Waals surface area (Å²) in [6.07, 6.45) is 5.41. The Bertz CT molecular complexity index is 1170. The van der Waals surface area contributed by atoms with Gasteiger partial charge in [0.25, 0.3) is 0 Å². The zero-order chi connectivity index (χ0) is 17.7. The first kappa shape index (κ1) is 18.2. The maximum absolute atomic E-state index is 4.85. The van der Waals surface area contributed by atoms with Crippen LogP contribution >= 0.6 is 23.7 Å². The number of aryl methyl sites for hydroxylation is 2. The summed E-state index contributed by atoms with van der Waals surface area (Å²) in [7, 11) is 1.97. The zero-order valence-electron chi connectivity index (χ0n) is 15.3. The van der Waals surface area contributed by atoms with Crippen LogP contribution in [0.1, 0.15) is 17.0 Å². The number of nitrogens with zero attached hydrogens (tertiary/aromatic N) is 3. The molecule has 0 saturated carbocycles. The highest BCUT2D eigenvalue weighted by atomic mass is 35.5. The molecule has 0 saturated heterocycles. The van der Waals surface area contributed by atoms with Gasteiger partial charge in [-0.1, -0.05) is 12.1 Å². The third-order valence-corrected chi connectivity index (χ3v) is 6.07. The second-order valence-corrected chi connectivity index (χ2v) is 7.95. The highest BCUT2D eigenvalue weighted by molar-refractivity contribution is 7.19. The van der Waals surface area contributed by atoms with E-state index in [4.69, 9.17) is 4.98 Å². The Kier molecular flexibility index (Phi) is 4.76. The summed E-state index contributed by atoms with van der Waals surface area (Å²) in [6, 6.07) is 11.1. The van der Waals surface area contributed by atoms with E-state index in [1.807, 2.05) is 11.7 Å². The highest BCUT2D eigenvalue weighted by Gasteiger charge is 2.12. The van der Waals surface area contributed by atoms with E-state index in [1.54, 1.807) is 11.3 Å². The molecule has 2 aromatic heterocycles. The maximum atomic E-state index is 4.85. The van der Waals surface area contributed by atoms with Gasteiger partial charge in [0.05, 0.1) is 15.7 Å². The second-order valence-electron chi connectivity index (χ2n) is 6.92. The van der Waals surface area contributed by atoms with Crippen molar-refractivity contribution in [1.82, 2.24) is 20.1 Å². The van der Waals surface area contributed by atoms with E-state index in [0.717, 1.165) is 35.6 Å². The normalized spacial score (nSPS) is 14.4. The zero-order valence-corrected chi connectivity index (χ0v) is 17.0. The van der Waals surface area contributed by atoms with Crippen molar-refractivity contribution in [3.05, 3.63) is 53.2 Å². The number of benzene rings is 2. The topological polar surface area (TPSA) is 42.7 Å². The maximum Gasteiger partial charge on any atom is 0.120 e. The summed E-state index contributed by atoms with van der Waals surface area (Å²) < 4.78 is 3.13. The molecule has 4 aromatic rings. The van der Waals surface area contributed by atoms with Crippen molar-refractivity contribution in [3.8, 4) is 11.1 Å². The minimum Gasteiger partial charge on any atom is -0.313 e. The summed E-state index contributed by atoms with van der Waals surface area (Å²) in [5, 5.41) is 10.3. The lowest BCUT2D eigenvalue weighted by Gasteiger charge is -2.10. The van der Waals surface area contributed by atoms with Crippen molar-refractivity contribution >= 4 is 50.4 Å². The van der Waals surface area contributed by atoms with E-state index in [2.05, 4.69) is 59.9 Å². The van der Waals surface area contributed by atoms with Crippen LogP contribution in [0, 0.1) is 6.92 Å². The molecule has 2 aromatic carbocycles. The number of fused-ring (bicyclic) bond motifs is 2. The molecule has 0 atom stereocenters. The molecule has 1 aliphatic rings. The van der Waals surface area contributed by atoms with Gasteiger partial charge in [-0.2, -0.15) is 5.10 Å². The average molecular weight is 397 g/mol. The van der Waals surface area contributed by atoms with Crippen LogP contribution < -0.4 is 5.32 Å². The van der Waals surface area contributed by atoms with Crippen molar-refractivity contribution in [2.24, 2.45) is 7.05 Å². The van der Waals surface area contributed by atoms with Crippen molar-refractivity contribution in [2.45, 2.75) is 13.3 Å². The molecule has 0 spiro atoms. The van der Waals surface area contributed by atoms with Crippen LogP contribution in [-0.2, 0) is 7.05 Å². The van der Waals surface area contributed by atoms with Gasteiger partial charge < -0.3 is 5.32 Å². The lowest BCUT2D eigenvalue weighted by Crippen LogP contribution is -2.19. The minimum atomic E-state index is 0. The van der Waals surface area contributed by atoms with Crippen LogP contribution in [0.5, 0.6) is 0 Å². The van der Waals surface area contributed by atoms with Gasteiger partial charge in [0.2, 0.25) is 0 Å². The summed E-state index contributed by atoms with van der Waals surface area (Å²) >= 11 is 1.80. The smallest absolute Gasteiger partial charge is 0.120 e. The molecule has 0 bridgehead atoms. The molecule has 27 heavy (non-hydrogen) atoms. The molecule has 1 aliphatic heterocycles. The molecule has 0 aliphatic carbocycles. The minimum absolute atomic E-state index is 0. The quantitative estimate of drug-likeness (QED) is 0.521. The second kappa shape index (κ2) is 7.08. The number of hydrogen-bond acceptors (Lipinski definition) is 4. The molecule has 6 heteroatoms. The predicted octanol–water partition coefficient (Wildman–Crippen LogP) is 4.96. The van der Waals surface area contributed by atoms with Crippen molar-refractivity contribution in [2.75, 3.05) is 13.1 Å². The van der Waals surface area contributed by atoms with Crippen LogP contribution in [0.2, 0.25) is 0 Å². The molecule has 4 nitrogen and oxygen atoms in total. The molecule has 0 unspecified atom stereocenters. The fourth-order valence-corrected chi connectivity index (χ4v) is 4.73. The first-order valence-corrected chi connectivity index (χ1v) is 9.74. The number of halogens is 1. The molecule has 0 amide bonds. The molecule has 5 rings (SSSR count). The van der Waals surface area contributed by atoms with Gasteiger partial charge >= 0.3 is 0 Å². The van der Waals surface area contributed by atoms with E-state index >= 15 is 0 Å². The van der Waals surface area contributed by atoms with Crippen molar-refractivity contribution < 1.29 is 0 Å². The molecule has 1 N–H and O–H groups in total. The summed E-state index contributed by atoms with van der Waals surface area (Å²) in [6.45, 7) is 4.12. The molecule has 3 heterocycles. The van der Waals surface area contributed by atoms with Gasteiger partial charge in [-0.25, -0.2) is 4.98 Å². The Morgan fingerprint density at radius 2 is 2.04 bits per heavy atom. The average Bonchev–Trinajstić information content (AvgIpc) is 3.24. The van der Waals surface area contributed by atoms with Gasteiger partial charge in [-0.3, -0.25) is 4.68 Å². The van der Waals surface area contributed by atoms with Gasteiger partial charge in [0.15, 0.2) is 0 Å². The molecule has 0 radical (unpaired) electrons. The van der Waals surface area contributed by atoms with Gasteiger partial charge in [-0.05, 0) is 66.4 Å². The number of rotatable bonds is 2. The van der Waals surface area contributed by atoms with Crippen LogP contribution in [0.25, 0.3) is 37.8 Å². The molecule has 138 valence electrons. The summed E-state index contributed by atoms with van der Waals surface area (Å²) in [5.74, 6) is 0. The van der Waals surface area contributed by atoms with Gasteiger partial charge in [0, 0.05) is 25.2 Å². The Morgan fingerprint density at radius 3 is 2.85 bits per heavy atom. The van der Waals surface area contributed by atoms with Crippen LogP contribution in [0.15, 0.2) is 42.6 Å². The van der Waals surface area contributed by atoms with Gasteiger partial charge in [-0.15, -0.1) is 23.7 Å². The van der Waals surface area contributed by atoms with E-state index in [0.29, 0.717) is 0 Å². The van der Waals surface area contributed by atoms with Crippen molar-refractivity contribution in [3.63, 3.8) is 0 Å². The van der Waals surface area contributed by atoms with Gasteiger partial charge in [0.1, 0.15) is 5.01 Å². The molecular weight excluding hydrogens is 376 g/mol. The first-order chi connectivity index (χ1) is 12.7. The fraction of sp³-hybridized carbons (Fsp3) is 0.238. The number of hydrogen-bond donors (Lipinski definition) is 1. The number of thiazole rings is 1. The third-order valence-electron chi connectivity index (χ3n) is 4.97. The Balaban J connectivity index is 0.00000180. The van der Waals surface area contributed by atoms with Crippen LogP contribution in [0.3, 0.4) is 0 Å². The Morgan fingerprint density at radius 1 is 1.15 bits per heavy atom. The first-order valence-electron chi connectivity index (χ1n) is 8.92. The van der Waals surface area contributed by atoms with Crippen LogP contribution in [0.4, 0.5) is 0 Å². The molecular formula is C21H21ClN4S. The summed E-state index contributed by atoms with van der Waals surface area (Å²) in [4.78, 5) is 4.85. The number of aromatic nitrogens is 3. The summed E-state index contributed by atoms with van der Waals surface area (Å²) in [5.41, 5.74) is 7.23. The van der Waals surface area contributed by atoms with Crippen LogP contribution in [-0.4, -0.2) is 27.9 Å². The lowest BCUT2D eigenvalue weighted by atomic mass is 10.0. The highest BCUT2D eigenvalue weighted by Crippen LogP contribution is 2.33. The lowest BCUT2D eigenvalue weighted by molar-refractivity contribution is 0.738. The molecule has 0 fully saturated rings. The Labute approximate surface area is 168 Å². The van der Waals surface area contributed by atoms with E-state index < -0.39 is 0 Å². The van der Waals surface area contributed by atoms with E-state index in [9.17, 15) is 0 Å². The van der Waals surface area contributed by atoms with E-state index in [-0.39, 0.29) is 12.4 Å². The van der Waals surface area contributed by atoms with Crippen molar-refractivity contribution in [1.29, 1.82) is 0 Å². The third kappa shape index (κ3) is 3.27. The fourth-order valence-electron chi connectivity index (χ4n) is 3.65.